The molecule has 3 aromatic rings. The van der Waals surface area contributed by atoms with Gasteiger partial charge < -0.3 is 5.32 Å². The highest BCUT2D eigenvalue weighted by molar-refractivity contribution is 5.93. The fourth-order valence-electron chi connectivity index (χ4n) is 3.64. The van der Waals surface area contributed by atoms with Crippen molar-refractivity contribution < 1.29 is 9.18 Å². The summed E-state index contributed by atoms with van der Waals surface area (Å²) in [4.78, 5) is 13.0. The minimum atomic E-state index is -0.432. The number of hydrogen-bond acceptors (Lipinski definition) is 4. The van der Waals surface area contributed by atoms with E-state index in [0.29, 0.717) is 17.8 Å². The van der Waals surface area contributed by atoms with Crippen molar-refractivity contribution in [2.24, 2.45) is 0 Å². The minimum Gasteiger partial charge on any atom is -0.341 e. The number of halogens is 1. The zero-order valence-electron chi connectivity index (χ0n) is 16.0. The van der Waals surface area contributed by atoms with Crippen LogP contribution in [0.25, 0.3) is 0 Å². The molecule has 0 unspecified atom stereocenters. The van der Waals surface area contributed by atoms with E-state index >= 15 is 0 Å². The molecule has 1 heterocycles. The van der Waals surface area contributed by atoms with E-state index in [2.05, 4.69) is 21.7 Å². The summed E-state index contributed by atoms with van der Waals surface area (Å²) in [6.45, 7) is 2.21. The normalized spacial score (nSPS) is 14.7. The maximum Gasteiger partial charge on any atom is 0.274 e. The Morgan fingerprint density at radius 3 is 2.48 bits per heavy atom. The predicted octanol–water partition coefficient (Wildman–Crippen LogP) is 3.45. The Morgan fingerprint density at radius 1 is 1.21 bits per heavy atom. The van der Waals surface area contributed by atoms with Crippen molar-refractivity contribution in [3.05, 3.63) is 82.4 Å². The molecule has 146 valence electrons. The topological polar surface area (TPSA) is 83.6 Å². The highest BCUT2D eigenvalue weighted by Crippen LogP contribution is 2.41. The van der Waals surface area contributed by atoms with Crippen LogP contribution in [-0.4, -0.2) is 20.9 Å². The van der Waals surface area contributed by atoms with Crippen LogP contribution in [0.1, 0.15) is 52.1 Å². The second kappa shape index (κ2) is 7.47. The van der Waals surface area contributed by atoms with E-state index in [4.69, 9.17) is 5.26 Å². The molecule has 0 bridgehead atoms. The van der Waals surface area contributed by atoms with Gasteiger partial charge in [-0.2, -0.15) is 5.26 Å². The van der Waals surface area contributed by atoms with Crippen LogP contribution < -0.4 is 5.32 Å². The molecule has 0 atom stereocenters. The van der Waals surface area contributed by atoms with Gasteiger partial charge in [-0.3, -0.25) is 4.79 Å². The Kier molecular flexibility index (Phi) is 4.85. The predicted molar refractivity (Wildman–Crippen MR) is 104 cm³/mol. The van der Waals surface area contributed by atoms with Gasteiger partial charge in [-0.05, 0) is 61.6 Å². The van der Waals surface area contributed by atoms with Crippen LogP contribution in [0.3, 0.4) is 0 Å². The van der Waals surface area contributed by atoms with Crippen molar-refractivity contribution in [2.45, 2.75) is 38.3 Å². The largest absolute Gasteiger partial charge is 0.341 e. The summed E-state index contributed by atoms with van der Waals surface area (Å²) in [6.07, 6.45) is 2.71. The molecular weight excluding hydrogens is 369 g/mol. The van der Waals surface area contributed by atoms with E-state index in [9.17, 15) is 9.18 Å². The van der Waals surface area contributed by atoms with Crippen LogP contribution in [0.15, 0.2) is 48.5 Å². The van der Waals surface area contributed by atoms with Gasteiger partial charge in [0.25, 0.3) is 5.91 Å². The number of benzene rings is 2. The first-order valence-electron chi connectivity index (χ1n) is 9.48. The quantitative estimate of drug-likeness (QED) is 0.724. The first-order valence-corrected chi connectivity index (χ1v) is 9.48. The van der Waals surface area contributed by atoms with Gasteiger partial charge in [0.15, 0.2) is 5.69 Å². The van der Waals surface area contributed by atoms with Gasteiger partial charge in [-0.25, -0.2) is 9.07 Å². The van der Waals surface area contributed by atoms with Gasteiger partial charge >= 0.3 is 0 Å². The number of aromatic nitrogens is 3. The van der Waals surface area contributed by atoms with E-state index in [1.54, 1.807) is 35.9 Å². The standard InChI is InChI=1S/C22H20FN5O/c1-15-20(26-27-28(15)14-17-5-9-19(23)10-6-17)21(29)25-22(11-2-12-22)18-7-3-16(13-24)4-8-18/h3-10H,2,11-12,14H2,1H3,(H,25,29). The molecular formula is C22H20FN5O. The van der Waals surface area contributed by atoms with Gasteiger partial charge in [0, 0.05) is 0 Å². The molecule has 1 aliphatic carbocycles. The molecule has 1 fully saturated rings. The first-order chi connectivity index (χ1) is 14.0. The number of rotatable bonds is 5. The SMILES string of the molecule is Cc1c(C(=O)NC2(c3ccc(C#N)cc3)CCC2)nnn1Cc1ccc(F)cc1. The fourth-order valence-corrected chi connectivity index (χ4v) is 3.64. The Hall–Kier alpha value is -3.53. The lowest BCUT2D eigenvalue weighted by Gasteiger charge is -2.43. The number of nitrogens with one attached hydrogen (secondary N) is 1. The molecule has 7 heteroatoms. The fraction of sp³-hybridized carbons (Fsp3) is 0.273. The Balaban J connectivity index is 1.52. The van der Waals surface area contributed by atoms with E-state index < -0.39 is 5.54 Å². The zero-order chi connectivity index (χ0) is 20.4. The second-order valence-corrected chi connectivity index (χ2v) is 7.39. The smallest absolute Gasteiger partial charge is 0.274 e. The summed E-state index contributed by atoms with van der Waals surface area (Å²) in [5.74, 6) is -0.561. The van der Waals surface area contributed by atoms with Gasteiger partial charge in [0.05, 0.1) is 29.4 Å². The molecule has 29 heavy (non-hydrogen) atoms. The van der Waals surface area contributed by atoms with E-state index in [1.807, 2.05) is 12.1 Å². The molecule has 1 amide bonds. The lowest BCUT2D eigenvalue weighted by molar-refractivity contribution is 0.0817. The minimum absolute atomic E-state index is 0.267. The van der Waals surface area contributed by atoms with Crippen LogP contribution in [0.4, 0.5) is 4.39 Å². The third-order valence-corrected chi connectivity index (χ3v) is 5.57. The van der Waals surface area contributed by atoms with Crippen molar-refractivity contribution in [3.8, 4) is 6.07 Å². The molecule has 1 saturated carbocycles. The van der Waals surface area contributed by atoms with Crippen molar-refractivity contribution in [1.29, 1.82) is 5.26 Å². The number of nitriles is 1. The van der Waals surface area contributed by atoms with Crippen LogP contribution in [0.2, 0.25) is 0 Å². The van der Waals surface area contributed by atoms with Gasteiger partial charge in [-0.1, -0.05) is 29.5 Å². The van der Waals surface area contributed by atoms with Gasteiger partial charge in [0.1, 0.15) is 5.82 Å². The van der Waals surface area contributed by atoms with E-state index in [0.717, 1.165) is 30.4 Å². The van der Waals surface area contributed by atoms with Crippen LogP contribution >= 0.6 is 0 Å². The summed E-state index contributed by atoms with van der Waals surface area (Å²) < 4.78 is 14.7. The van der Waals surface area contributed by atoms with Crippen LogP contribution in [0.5, 0.6) is 0 Å². The lowest BCUT2D eigenvalue weighted by atomic mass is 9.71. The molecule has 0 radical (unpaired) electrons. The third kappa shape index (κ3) is 3.61. The number of carbonyl (C=O) groups is 1. The Bertz CT molecular complexity index is 1080. The van der Waals surface area contributed by atoms with Crippen LogP contribution in [0, 0.1) is 24.1 Å². The summed E-state index contributed by atoms with van der Waals surface area (Å²) >= 11 is 0. The second-order valence-electron chi connectivity index (χ2n) is 7.39. The van der Waals surface area contributed by atoms with Crippen molar-refractivity contribution in [3.63, 3.8) is 0 Å². The Labute approximate surface area is 168 Å². The van der Waals surface area contributed by atoms with E-state index in [-0.39, 0.29) is 17.4 Å². The number of amides is 1. The molecule has 2 aromatic carbocycles. The molecule has 0 saturated heterocycles. The summed E-state index contributed by atoms with van der Waals surface area (Å²) in [5.41, 5.74) is 2.97. The Morgan fingerprint density at radius 2 is 1.90 bits per heavy atom. The molecule has 0 aliphatic heterocycles. The molecule has 4 rings (SSSR count). The molecule has 0 spiro atoms. The van der Waals surface area contributed by atoms with Crippen molar-refractivity contribution in [1.82, 2.24) is 20.3 Å². The maximum atomic E-state index is 13.1. The summed E-state index contributed by atoms with van der Waals surface area (Å²) in [7, 11) is 0. The van der Waals surface area contributed by atoms with Crippen LogP contribution in [-0.2, 0) is 12.1 Å². The summed E-state index contributed by atoms with van der Waals surface area (Å²) in [6, 6.07) is 15.6. The molecule has 1 N–H and O–H groups in total. The third-order valence-electron chi connectivity index (χ3n) is 5.57. The molecule has 1 aromatic heterocycles. The van der Waals surface area contributed by atoms with Crippen molar-refractivity contribution in [2.75, 3.05) is 0 Å². The van der Waals surface area contributed by atoms with Crippen molar-refractivity contribution >= 4 is 5.91 Å². The average Bonchev–Trinajstić information content (AvgIpc) is 3.07. The van der Waals surface area contributed by atoms with Gasteiger partial charge in [-0.15, -0.1) is 5.10 Å². The monoisotopic (exact) mass is 389 g/mol. The molecule has 6 nitrogen and oxygen atoms in total. The number of carbonyl (C=O) groups excluding carboxylic acids is 1. The summed E-state index contributed by atoms with van der Waals surface area (Å²) in [5, 5.41) is 20.3. The van der Waals surface area contributed by atoms with E-state index in [1.165, 1.54) is 12.1 Å². The van der Waals surface area contributed by atoms with Gasteiger partial charge in [0.2, 0.25) is 0 Å². The number of hydrogen-bond donors (Lipinski definition) is 1. The first kappa shape index (κ1) is 18.8. The highest BCUT2D eigenvalue weighted by Gasteiger charge is 2.40. The lowest BCUT2D eigenvalue weighted by Crippen LogP contribution is -2.51. The highest BCUT2D eigenvalue weighted by atomic mass is 19.1. The number of nitrogens with zero attached hydrogens (tertiary/aromatic N) is 4. The zero-order valence-corrected chi connectivity index (χ0v) is 16.0. The average molecular weight is 389 g/mol. The molecule has 1 aliphatic rings. The maximum absolute atomic E-state index is 13.1.